The third-order valence-corrected chi connectivity index (χ3v) is 4.04. The SMILES string of the molecule is CC(C)CCNCc1cc(Br)ccc1OCc1ccc(F)cc1. The van der Waals surface area contributed by atoms with Crippen molar-refractivity contribution in [2.45, 2.75) is 33.4 Å². The summed E-state index contributed by atoms with van der Waals surface area (Å²) < 4.78 is 19.9. The molecule has 0 aliphatic rings. The standard InChI is InChI=1S/C19H23BrFNO/c1-14(2)9-10-22-12-16-11-17(20)5-8-19(16)23-13-15-3-6-18(21)7-4-15/h3-8,11,14,22H,9-10,12-13H2,1-2H3. The molecule has 0 atom stereocenters. The van der Waals surface area contributed by atoms with E-state index in [1.54, 1.807) is 12.1 Å². The van der Waals surface area contributed by atoms with Gasteiger partial charge in [0.2, 0.25) is 0 Å². The van der Waals surface area contributed by atoms with E-state index in [1.807, 2.05) is 12.1 Å². The highest BCUT2D eigenvalue weighted by molar-refractivity contribution is 9.10. The zero-order valence-electron chi connectivity index (χ0n) is 13.6. The molecule has 0 fully saturated rings. The second-order valence-electron chi connectivity index (χ2n) is 6.03. The molecule has 1 N–H and O–H groups in total. The number of ether oxygens (including phenoxy) is 1. The maximum absolute atomic E-state index is 12.9. The molecule has 0 aliphatic heterocycles. The molecule has 0 saturated carbocycles. The minimum Gasteiger partial charge on any atom is -0.489 e. The Morgan fingerprint density at radius 3 is 2.57 bits per heavy atom. The zero-order chi connectivity index (χ0) is 16.7. The number of hydrogen-bond acceptors (Lipinski definition) is 2. The summed E-state index contributed by atoms with van der Waals surface area (Å²) in [4.78, 5) is 0. The number of benzene rings is 2. The Hall–Kier alpha value is -1.39. The Balaban J connectivity index is 1.95. The van der Waals surface area contributed by atoms with Crippen LogP contribution in [0.2, 0.25) is 0 Å². The van der Waals surface area contributed by atoms with Crippen LogP contribution in [0.15, 0.2) is 46.9 Å². The van der Waals surface area contributed by atoms with Gasteiger partial charge in [-0.1, -0.05) is 41.9 Å². The highest BCUT2D eigenvalue weighted by Crippen LogP contribution is 2.24. The molecule has 0 spiro atoms. The van der Waals surface area contributed by atoms with Crippen molar-refractivity contribution in [1.29, 1.82) is 0 Å². The molecule has 0 bridgehead atoms. The number of hydrogen-bond donors (Lipinski definition) is 1. The van der Waals surface area contributed by atoms with Crippen LogP contribution in [0.5, 0.6) is 5.75 Å². The van der Waals surface area contributed by atoms with Crippen LogP contribution in [-0.2, 0) is 13.2 Å². The van der Waals surface area contributed by atoms with Crippen LogP contribution in [0.4, 0.5) is 4.39 Å². The summed E-state index contributed by atoms with van der Waals surface area (Å²) in [5.41, 5.74) is 2.07. The van der Waals surface area contributed by atoms with Crippen molar-refractivity contribution in [2.24, 2.45) is 5.92 Å². The van der Waals surface area contributed by atoms with Gasteiger partial charge < -0.3 is 10.1 Å². The molecule has 0 aliphatic carbocycles. The molecule has 0 unspecified atom stereocenters. The summed E-state index contributed by atoms with van der Waals surface area (Å²) in [6, 6.07) is 12.4. The van der Waals surface area contributed by atoms with E-state index in [2.05, 4.69) is 41.2 Å². The minimum atomic E-state index is -0.229. The highest BCUT2D eigenvalue weighted by Gasteiger charge is 2.06. The van der Waals surface area contributed by atoms with Crippen molar-refractivity contribution in [3.05, 3.63) is 63.9 Å². The molecule has 23 heavy (non-hydrogen) atoms. The van der Waals surface area contributed by atoms with E-state index >= 15 is 0 Å². The molecule has 2 aromatic rings. The topological polar surface area (TPSA) is 21.3 Å². The molecule has 2 nitrogen and oxygen atoms in total. The van der Waals surface area contributed by atoms with Gasteiger partial charge in [-0.2, -0.15) is 0 Å². The fourth-order valence-corrected chi connectivity index (χ4v) is 2.59. The predicted octanol–water partition coefficient (Wildman–Crippen LogP) is 5.30. The highest BCUT2D eigenvalue weighted by atomic mass is 79.9. The van der Waals surface area contributed by atoms with Gasteiger partial charge in [-0.15, -0.1) is 0 Å². The van der Waals surface area contributed by atoms with Gasteiger partial charge in [-0.25, -0.2) is 4.39 Å². The fraction of sp³-hybridized carbons (Fsp3) is 0.368. The van der Waals surface area contributed by atoms with Gasteiger partial charge in [0.05, 0.1) is 0 Å². The van der Waals surface area contributed by atoms with Gasteiger partial charge >= 0.3 is 0 Å². The Morgan fingerprint density at radius 1 is 1.13 bits per heavy atom. The zero-order valence-corrected chi connectivity index (χ0v) is 15.2. The molecule has 2 aromatic carbocycles. The van der Waals surface area contributed by atoms with Crippen LogP contribution in [0, 0.1) is 11.7 Å². The van der Waals surface area contributed by atoms with Crippen molar-refractivity contribution >= 4 is 15.9 Å². The fourth-order valence-electron chi connectivity index (χ4n) is 2.18. The van der Waals surface area contributed by atoms with Crippen LogP contribution < -0.4 is 10.1 Å². The first-order valence-electron chi connectivity index (χ1n) is 7.91. The van der Waals surface area contributed by atoms with Gasteiger partial charge in [-0.3, -0.25) is 0 Å². The third-order valence-electron chi connectivity index (χ3n) is 3.54. The van der Waals surface area contributed by atoms with Crippen molar-refractivity contribution in [3.63, 3.8) is 0 Å². The molecule has 0 aromatic heterocycles. The lowest BCUT2D eigenvalue weighted by molar-refractivity contribution is 0.302. The van der Waals surface area contributed by atoms with Crippen LogP contribution in [0.1, 0.15) is 31.4 Å². The summed E-state index contributed by atoms with van der Waals surface area (Å²) in [6.07, 6.45) is 1.15. The van der Waals surface area contributed by atoms with Crippen LogP contribution >= 0.6 is 15.9 Å². The van der Waals surface area contributed by atoms with Gasteiger partial charge in [0, 0.05) is 16.6 Å². The quantitative estimate of drug-likeness (QED) is 0.628. The molecular weight excluding hydrogens is 357 g/mol. The lowest BCUT2D eigenvalue weighted by atomic mass is 10.1. The Morgan fingerprint density at radius 2 is 1.87 bits per heavy atom. The first-order valence-corrected chi connectivity index (χ1v) is 8.70. The molecule has 0 amide bonds. The van der Waals surface area contributed by atoms with E-state index in [4.69, 9.17) is 4.74 Å². The average molecular weight is 380 g/mol. The molecule has 0 radical (unpaired) electrons. The monoisotopic (exact) mass is 379 g/mol. The van der Waals surface area contributed by atoms with E-state index in [0.717, 1.165) is 40.9 Å². The summed E-state index contributed by atoms with van der Waals surface area (Å²) >= 11 is 3.51. The van der Waals surface area contributed by atoms with Crippen LogP contribution in [0.25, 0.3) is 0 Å². The molecule has 4 heteroatoms. The number of rotatable bonds is 8. The van der Waals surface area contributed by atoms with Gasteiger partial charge in [0.15, 0.2) is 0 Å². The van der Waals surface area contributed by atoms with Crippen molar-refractivity contribution in [2.75, 3.05) is 6.54 Å². The Labute approximate surface area is 146 Å². The number of halogens is 2. The first-order chi connectivity index (χ1) is 11.0. The van der Waals surface area contributed by atoms with E-state index in [0.29, 0.717) is 12.5 Å². The normalized spacial score (nSPS) is 11.0. The van der Waals surface area contributed by atoms with Gasteiger partial charge in [0.25, 0.3) is 0 Å². The van der Waals surface area contributed by atoms with E-state index in [-0.39, 0.29) is 5.82 Å². The first kappa shape index (κ1) is 18.0. The lowest BCUT2D eigenvalue weighted by Crippen LogP contribution is -2.17. The van der Waals surface area contributed by atoms with Crippen molar-refractivity contribution in [1.82, 2.24) is 5.32 Å². The van der Waals surface area contributed by atoms with Gasteiger partial charge in [0.1, 0.15) is 18.2 Å². The van der Waals surface area contributed by atoms with Gasteiger partial charge in [-0.05, 0) is 54.8 Å². The van der Waals surface area contributed by atoms with E-state index in [9.17, 15) is 4.39 Å². The molecule has 0 heterocycles. The summed E-state index contributed by atoms with van der Waals surface area (Å²) in [6.45, 7) is 6.63. The maximum Gasteiger partial charge on any atom is 0.124 e. The molecule has 124 valence electrons. The predicted molar refractivity (Wildman–Crippen MR) is 96.0 cm³/mol. The lowest BCUT2D eigenvalue weighted by Gasteiger charge is -2.13. The second-order valence-corrected chi connectivity index (χ2v) is 6.94. The van der Waals surface area contributed by atoms with Crippen molar-refractivity contribution in [3.8, 4) is 5.75 Å². The molecular formula is C19H23BrFNO. The third kappa shape index (κ3) is 6.32. The van der Waals surface area contributed by atoms with Crippen LogP contribution in [-0.4, -0.2) is 6.54 Å². The second kappa shape index (κ2) is 9.04. The average Bonchev–Trinajstić information content (AvgIpc) is 2.52. The minimum absolute atomic E-state index is 0.229. The molecule has 0 saturated heterocycles. The van der Waals surface area contributed by atoms with Crippen molar-refractivity contribution < 1.29 is 9.13 Å². The maximum atomic E-state index is 12.9. The number of nitrogens with one attached hydrogen (secondary N) is 1. The molecule has 2 rings (SSSR count). The smallest absolute Gasteiger partial charge is 0.124 e. The Bertz CT molecular complexity index is 613. The summed E-state index contributed by atoms with van der Waals surface area (Å²) in [7, 11) is 0. The van der Waals surface area contributed by atoms with E-state index in [1.165, 1.54) is 12.1 Å². The summed E-state index contributed by atoms with van der Waals surface area (Å²) in [5.74, 6) is 1.32. The summed E-state index contributed by atoms with van der Waals surface area (Å²) in [5, 5.41) is 3.46. The van der Waals surface area contributed by atoms with E-state index < -0.39 is 0 Å². The Kier molecular flexibility index (Phi) is 7.06. The largest absolute Gasteiger partial charge is 0.489 e. The van der Waals surface area contributed by atoms with Crippen LogP contribution in [0.3, 0.4) is 0 Å².